The molecule has 0 bridgehead atoms. The maximum Gasteiger partial charge on any atom is 0.216 e. The summed E-state index contributed by atoms with van der Waals surface area (Å²) in [6.07, 6.45) is 10.1. The number of carbonyl (C=O) groups excluding carboxylic acids is 2. The maximum absolute atomic E-state index is 12.5. The average Bonchev–Trinajstić information content (AvgIpc) is 2.96. The first-order valence-electron chi connectivity index (χ1n) is 11.3. The van der Waals surface area contributed by atoms with Crippen molar-refractivity contribution in [2.24, 2.45) is 39.7 Å². The van der Waals surface area contributed by atoms with E-state index in [0.29, 0.717) is 36.2 Å². The standard InChI is InChI=1S/C23H36N2O3/c1-15(26)24-12-13-28-25-17-8-10-22(2)16(14-17)4-5-18-19-6-7-21(27)23(19,3)11-9-20(18)22/h16,18-20H,4-14H2,1-3H3,(H,24,26)/t16?,18?,19?,20?,22-,23-/m0/s1. The van der Waals surface area contributed by atoms with Crippen molar-refractivity contribution in [2.45, 2.75) is 78.6 Å². The van der Waals surface area contributed by atoms with Crippen molar-refractivity contribution in [2.75, 3.05) is 13.2 Å². The van der Waals surface area contributed by atoms with Gasteiger partial charge in [-0.1, -0.05) is 19.0 Å². The number of carbonyl (C=O) groups is 2. The summed E-state index contributed by atoms with van der Waals surface area (Å²) in [6, 6.07) is 0. The molecule has 4 rings (SSSR count). The molecule has 4 fully saturated rings. The maximum atomic E-state index is 12.5. The number of oxime groups is 1. The fourth-order valence-corrected chi connectivity index (χ4v) is 7.32. The van der Waals surface area contributed by atoms with E-state index >= 15 is 0 Å². The summed E-state index contributed by atoms with van der Waals surface area (Å²) < 4.78 is 0. The van der Waals surface area contributed by atoms with Gasteiger partial charge < -0.3 is 10.2 Å². The highest BCUT2D eigenvalue weighted by atomic mass is 16.6. The van der Waals surface area contributed by atoms with Gasteiger partial charge in [0, 0.05) is 18.8 Å². The van der Waals surface area contributed by atoms with Gasteiger partial charge in [-0.15, -0.1) is 0 Å². The highest BCUT2D eigenvalue weighted by Crippen LogP contribution is 2.65. The Balaban J connectivity index is 1.39. The molecule has 1 amide bonds. The van der Waals surface area contributed by atoms with Crippen LogP contribution in [0.25, 0.3) is 0 Å². The normalized spacial score (nSPS) is 43.8. The van der Waals surface area contributed by atoms with Crippen LogP contribution < -0.4 is 5.32 Å². The lowest BCUT2D eigenvalue weighted by Crippen LogP contribution is -2.53. The van der Waals surface area contributed by atoms with E-state index in [4.69, 9.17) is 4.84 Å². The van der Waals surface area contributed by atoms with Crippen LogP contribution in [-0.4, -0.2) is 30.6 Å². The Morgan fingerprint density at radius 1 is 1.14 bits per heavy atom. The van der Waals surface area contributed by atoms with Crippen LogP contribution in [-0.2, 0) is 14.4 Å². The van der Waals surface area contributed by atoms with Crippen molar-refractivity contribution in [3.63, 3.8) is 0 Å². The number of Topliss-reactive ketones (excluding diaryl/α,β-unsaturated/α-hetero) is 1. The zero-order valence-corrected chi connectivity index (χ0v) is 17.8. The number of amides is 1. The van der Waals surface area contributed by atoms with E-state index in [0.717, 1.165) is 43.9 Å². The van der Waals surface area contributed by atoms with Crippen LogP contribution in [0, 0.1) is 34.5 Å². The minimum absolute atomic E-state index is 0.0204. The molecule has 0 aromatic rings. The number of nitrogens with zero attached hydrogens (tertiary/aromatic N) is 1. The third kappa shape index (κ3) is 3.29. The molecule has 4 saturated carbocycles. The molecule has 0 spiro atoms. The fourth-order valence-electron chi connectivity index (χ4n) is 7.32. The van der Waals surface area contributed by atoms with Gasteiger partial charge in [-0.25, -0.2) is 0 Å². The van der Waals surface area contributed by atoms with Crippen molar-refractivity contribution in [1.29, 1.82) is 0 Å². The molecule has 4 aliphatic carbocycles. The van der Waals surface area contributed by atoms with E-state index in [-0.39, 0.29) is 11.3 Å². The van der Waals surface area contributed by atoms with Crippen molar-refractivity contribution in [3.05, 3.63) is 0 Å². The Labute approximate surface area is 169 Å². The van der Waals surface area contributed by atoms with Crippen LogP contribution in [0.2, 0.25) is 0 Å². The molecule has 0 heterocycles. The Kier molecular flexibility index (Phi) is 5.30. The molecule has 0 aliphatic heterocycles. The molecule has 1 N–H and O–H groups in total. The van der Waals surface area contributed by atoms with Gasteiger partial charge in [-0.3, -0.25) is 9.59 Å². The summed E-state index contributed by atoms with van der Waals surface area (Å²) in [6.45, 7) is 7.25. The first kappa shape index (κ1) is 19.9. The molecule has 0 aromatic carbocycles. The van der Waals surface area contributed by atoms with E-state index in [9.17, 15) is 9.59 Å². The summed E-state index contributed by atoms with van der Waals surface area (Å²) >= 11 is 0. The first-order chi connectivity index (χ1) is 13.3. The van der Waals surface area contributed by atoms with Crippen LogP contribution in [0.15, 0.2) is 5.16 Å². The van der Waals surface area contributed by atoms with Crippen molar-refractivity contribution in [1.82, 2.24) is 5.32 Å². The molecule has 28 heavy (non-hydrogen) atoms. The second kappa shape index (κ2) is 7.46. The van der Waals surface area contributed by atoms with Crippen LogP contribution in [0.4, 0.5) is 0 Å². The van der Waals surface area contributed by atoms with Crippen LogP contribution >= 0.6 is 0 Å². The van der Waals surface area contributed by atoms with Crippen LogP contribution in [0.5, 0.6) is 0 Å². The third-order valence-electron chi connectivity index (χ3n) is 8.97. The van der Waals surface area contributed by atoms with Crippen molar-refractivity contribution >= 4 is 17.4 Å². The van der Waals surface area contributed by atoms with Gasteiger partial charge in [0.25, 0.3) is 0 Å². The van der Waals surface area contributed by atoms with E-state index < -0.39 is 0 Å². The SMILES string of the molecule is CC(=O)NCCON=C1CC[C@@]2(C)C(CCC3C2CC[C@]2(C)C(=O)CCC32)C1. The van der Waals surface area contributed by atoms with Crippen LogP contribution in [0.1, 0.15) is 78.6 Å². The highest BCUT2D eigenvalue weighted by Gasteiger charge is 2.60. The Hall–Kier alpha value is -1.39. The predicted molar refractivity (Wildman–Crippen MR) is 109 cm³/mol. The molecule has 156 valence electrons. The second-order valence-electron chi connectivity index (χ2n) is 10.3. The lowest BCUT2D eigenvalue weighted by atomic mass is 9.45. The monoisotopic (exact) mass is 388 g/mol. The lowest BCUT2D eigenvalue weighted by molar-refractivity contribution is -0.137. The van der Waals surface area contributed by atoms with Gasteiger partial charge in [-0.05, 0) is 80.5 Å². The second-order valence-corrected chi connectivity index (χ2v) is 10.3. The molecule has 0 saturated heterocycles. The summed E-state index contributed by atoms with van der Waals surface area (Å²) in [5.41, 5.74) is 1.57. The minimum Gasteiger partial charge on any atom is -0.394 e. The number of nitrogens with one attached hydrogen (secondary N) is 1. The smallest absolute Gasteiger partial charge is 0.216 e. The third-order valence-corrected chi connectivity index (χ3v) is 8.97. The Morgan fingerprint density at radius 2 is 1.96 bits per heavy atom. The molecular formula is C23H36N2O3. The molecule has 4 aliphatic rings. The van der Waals surface area contributed by atoms with E-state index in [1.54, 1.807) is 0 Å². The van der Waals surface area contributed by atoms with Gasteiger partial charge in [-0.2, -0.15) is 0 Å². The predicted octanol–water partition coefficient (Wildman–Crippen LogP) is 4.11. The summed E-state index contributed by atoms with van der Waals surface area (Å²) in [7, 11) is 0. The van der Waals surface area contributed by atoms with E-state index in [1.165, 1.54) is 38.3 Å². The lowest BCUT2D eigenvalue weighted by Gasteiger charge is -2.59. The van der Waals surface area contributed by atoms with Gasteiger partial charge in [0.15, 0.2) is 0 Å². The van der Waals surface area contributed by atoms with E-state index in [1.807, 2.05) is 0 Å². The molecule has 5 heteroatoms. The van der Waals surface area contributed by atoms with Crippen molar-refractivity contribution in [3.8, 4) is 0 Å². The topological polar surface area (TPSA) is 67.8 Å². The molecule has 5 nitrogen and oxygen atoms in total. The number of hydrogen-bond acceptors (Lipinski definition) is 4. The van der Waals surface area contributed by atoms with Gasteiger partial charge in [0.1, 0.15) is 12.4 Å². The number of rotatable bonds is 4. The summed E-state index contributed by atoms with van der Waals surface area (Å²) in [5.74, 6) is 3.35. The molecule has 6 atom stereocenters. The molecule has 4 unspecified atom stereocenters. The van der Waals surface area contributed by atoms with Gasteiger partial charge in [0.2, 0.25) is 5.91 Å². The van der Waals surface area contributed by atoms with Crippen molar-refractivity contribution < 1.29 is 14.4 Å². The van der Waals surface area contributed by atoms with Gasteiger partial charge >= 0.3 is 0 Å². The first-order valence-corrected chi connectivity index (χ1v) is 11.3. The molecule has 0 aromatic heterocycles. The average molecular weight is 389 g/mol. The number of ketones is 1. The quantitative estimate of drug-likeness (QED) is 0.582. The van der Waals surface area contributed by atoms with E-state index in [2.05, 4.69) is 24.3 Å². The molecular weight excluding hydrogens is 352 g/mol. The zero-order valence-electron chi connectivity index (χ0n) is 17.8. The highest BCUT2D eigenvalue weighted by molar-refractivity contribution is 5.87. The van der Waals surface area contributed by atoms with Crippen LogP contribution in [0.3, 0.4) is 0 Å². The largest absolute Gasteiger partial charge is 0.394 e. The fraction of sp³-hybridized carbons (Fsp3) is 0.870. The zero-order chi connectivity index (χ0) is 19.9. The number of hydrogen-bond donors (Lipinski definition) is 1. The number of fused-ring (bicyclic) bond motifs is 5. The summed E-state index contributed by atoms with van der Waals surface area (Å²) in [4.78, 5) is 28.9. The summed E-state index contributed by atoms with van der Waals surface area (Å²) in [5, 5.41) is 7.13. The Bertz CT molecular complexity index is 675. The van der Waals surface area contributed by atoms with Gasteiger partial charge in [0.05, 0.1) is 12.3 Å². The molecule has 0 radical (unpaired) electrons. The Morgan fingerprint density at radius 3 is 2.75 bits per heavy atom. The minimum atomic E-state index is -0.0333.